The molecule has 0 atom stereocenters. The molecule has 6 nitrogen and oxygen atoms in total. The van der Waals surface area contributed by atoms with Crippen LogP contribution in [0.15, 0.2) is 30.3 Å². The lowest BCUT2D eigenvalue weighted by Crippen LogP contribution is -2.29. The van der Waals surface area contributed by atoms with Crippen molar-refractivity contribution in [1.29, 1.82) is 0 Å². The Bertz CT molecular complexity index is 1100. The number of unbranched alkanes of at least 4 members (excludes halogenated alkanes) is 2. The molecule has 2 aromatic heterocycles. The Morgan fingerprint density at radius 1 is 1.16 bits per heavy atom. The van der Waals surface area contributed by atoms with E-state index in [0.29, 0.717) is 24.2 Å². The smallest absolute Gasteiger partial charge is 0.270 e. The number of nitrogens with one attached hydrogen (secondary N) is 2. The van der Waals surface area contributed by atoms with Gasteiger partial charge in [-0.15, -0.1) is 0 Å². The molecule has 7 heteroatoms. The average molecular weight is 439 g/mol. The van der Waals surface area contributed by atoms with Gasteiger partial charge in [0.25, 0.3) is 5.91 Å². The lowest BCUT2D eigenvalue weighted by atomic mass is 10.0. The number of H-pyrrole nitrogens is 2. The molecule has 2 heterocycles. The Kier molecular flexibility index (Phi) is 7.62. The first-order valence-electron chi connectivity index (χ1n) is 11.1. The van der Waals surface area contributed by atoms with E-state index in [-0.39, 0.29) is 17.5 Å². The molecule has 0 aliphatic heterocycles. The molecule has 0 bridgehead atoms. The van der Waals surface area contributed by atoms with Gasteiger partial charge in [-0.2, -0.15) is 5.10 Å². The van der Waals surface area contributed by atoms with Crippen LogP contribution in [0.4, 0.5) is 4.39 Å². The van der Waals surface area contributed by atoms with Crippen molar-refractivity contribution in [2.45, 2.75) is 52.9 Å². The Balaban J connectivity index is 1.48. The molecule has 1 amide bonds. The van der Waals surface area contributed by atoms with Crippen LogP contribution in [-0.2, 0) is 12.8 Å². The molecule has 0 unspecified atom stereocenters. The van der Waals surface area contributed by atoms with Gasteiger partial charge in [-0.05, 0) is 63.3 Å². The number of rotatable bonds is 10. The van der Waals surface area contributed by atoms with Gasteiger partial charge in [0.15, 0.2) is 5.78 Å². The summed E-state index contributed by atoms with van der Waals surface area (Å²) < 4.78 is 13.4. The molecule has 3 rings (SSSR count). The van der Waals surface area contributed by atoms with E-state index < -0.39 is 0 Å². The maximum Gasteiger partial charge on any atom is 0.270 e. The van der Waals surface area contributed by atoms with Crippen molar-refractivity contribution < 1.29 is 14.0 Å². The van der Waals surface area contributed by atoms with E-state index in [1.54, 1.807) is 18.0 Å². The van der Waals surface area contributed by atoms with Crippen LogP contribution >= 0.6 is 0 Å². The first-order valence-corrected chi connectivity index (χ1v) is 11.1. The van der Waals surface area contributed by atoms with Gasteiger partial charge in [0, 0.05) is 36.1 Å². The number of ketones is 1. The highest BCUT2D eigenvalue weighted by molar-refractivity contribution is 6.02. The molecule has 32 heavy (non-hydrogen) atoms. The fraction of sp³-hybridized carbons (Fsp3) is 0.400. The molecule has 0 saturated heterocycles. The zero-order valence-corrected chi connectivity index (χ0v) is 19.2. The number of amides is 1. The third-order valence-electron chi connectivity index (χ3n) is 5.75. The highest BCUT2D eigenvalue weighted by Crippen LogP contribution is 2.22. The summed E-state index contributed by atoms with van der Waals surface area (Å²) in [7, 11) is 1.80. The third-order valence-corrected chi connectivity index (χ3v) is 5.75. The van der Waals surface area contributed by atoms with Gasteiger partial charge < -0.3 is 9.88 Å². The van der Waals surface area contributed by atoms with Crippen molar-refractivity contribution in [2.24, 2.45) is 0 Å². The standard InChI is InChI=1S/C25H31FN4O2/c1-5-21-23(17(3)31)16(2)27-24(21)25(32)30(4)13-8-6-7-12-20-15-22(29-28-20)18-10-9-11-19(26)14-18/h9-11,14-15,27H,5-8,12-13H2,1-4H3,(H,28,29). The quantitative estimate of drug-likeness (QED) is 0.341. The number of halogens is 1. The highest BCUT2D eigenvalue weighted by Gasteiger charge is 2.23. The summed E-state index contributed by atoms with van der Waals surface area (Å²) in [4.78, 5) is 29.7. The van der Waals surface area contributed by atoms with Gasteiger partial charge in [-0.1, -0.05) is 25.5 Å². The number of Topliss-reactive ketones (excluding diaryl/α,β-unsaturated/α-hetero) is 1. The number of hydrogen-bond acceptors (Lipinski definition) is 3. The number of nitrogens with zero attached hydrogens (tertiary/aromatic N) is 2. The fourth-order valence-electron chi connectivity index (χ4n) is 4.11. The Labute approximate surface area is 188 Å². The number of aromatic amines is 2. The van der Waals surface area contributed by atoms with Gasteiger partial charge in [-0.25, -0.2) is 4.39 Å². The van der Waals surface area contributed by atoms with E-state index in [0.717, 1.165) is 53.9 Å². The van der Waals surface area contributed by atoms with E-state index >= 15 is 0 Å². The largest absolute Gasteiger partial charge is 0.354 e. The Morgan fingerprint density at radius 2 is 1.94 bits per heavy atom. The number of carbonyl (C=O) groups excluding carboxylic acids is 2. The normalized spacial score (nSPS) is 11.0. The molecule has 0 aliphatic carbocycles. The van der Waals surface area contributed by atoms with E-state index in [1.165, 1.54) is 19.1 Å². The van der Waals surface area contributed by atoms with Crippen LogP contribution in [0.2, 0.25) is 0 Å². The highest BCUT2D eigenvalue weighted by atomic mass is 19.1. The number of aromatic nitrogens is 3. The number of carbonyl (C=O) groups is 2. The Morgan fingerprint density at radius 3 is 2.62 bits per heavy atom. The van der Waals surface area contributed by atoms with Crippen LogP contribution in [0.25, 0.3) is 11.3 Å². The van der Waals surface area contributed by atoms with E-state index in [9.17, 15) is 14.0 Å². The maximum atomic E-state index is 13.4. The van der Waals surface area contributed by atoms with Crippen molar-refractivity contribution in [3.05, 3.63) is 64.4 Å². The predicted octanol–water partition coefficient (Wildman–Crippen LogP) is 5.10. The molecular weight excluding hydrogens is 407 g/mol. The van der Waals surface area contributed by atoms with E-state index in [4.69, 9.17) is 0 Å². The summed E-state index contributed by atoms with van der Waals surface area (Å²) in [5, 5.41) is 7.30. The number of hydrogen-bond donors (Lipinski definition) is 2. The third kappa shape index (κ3) is 5.33. The first-order chi connectivity index (χ1) is 15.3. The van der Waals surface area contributed by atoms with Crippen molar-refractivity contribution >= 4 is 11.7 Å². The SMILES string of the molecule is CCc1c(C(=O)N(C)CCCCCc2cc(-c3cccc(F)c3)n[nH]2)[nH]c(C)c1C(C)=O. The monoisotopic (exact) mass is 438 g/mol. The lowest BCUT2D eigenvalue weighted by molar-refractivity contribution is 0.0786. The second kappa shape index (κ2) is 10.4. The average Bonchev–Trinajstić information content (AvgIpc) is 3.36. The molecular formula is C25H31FN4O2. The first kappa shape index (κ1) is 23.4. The second-order valence-electron chi connectivity index (χ2n) is 8.21. The van der Waals surface area contributed by atoms with Crippen LogP contribution < -0.4 is 0 Å². The van der Waals surface area contributed by atoms with Crippen LogP contribution in [-0.4, -0.2) is 45.4 Å². The summed E-state index contributed by atoms with van der Waals surface area (Å²) in [6.45, 7) is 5.98. The summed E-state index contributed by atoms with van der Waals surface area (Å²) >= 11 is 0. The minimum Gasteiger partial charge on any atom is -0.354 e. The van der Waals surface area contributed by atoms with Crippen molar-refractivity contribution in [3.8, 4) is 11.3 Å². The molecule has 170 valence electrons. The summed E-state index contributed by atoms with van der Waals surface area (Å²) in [5.74, 6) is -0.369. The predicted molar refractivity (Wildman–Crippen MR) is 123 cm³/mol. The van der Waals surface area contributed by atoms with E-state index in [2.05, 4.69) is 15.2 Å². The van der Waals surface area contributed by atoms with Crippen LogP contribution in [0.5, 0.6) is 0 Å². The van der Waals surface area contributed by atoms with Gasteiger partial charge >= 0.3 is 0 Å². The van der Waals surface area contributed by atoms with Crippen LogP contribution in [0.3, 0.4) is 0 Å². The number of benzene rings is 1. The fourth-order valence-corrected chi connectivity index (χ4v) is 4.11. The topological polar surface area (TPSA) is 81.8 Å². The summed E-state index contributed by atoms with van der Waals surface area (Å²) in [6.07, 6.45) is 4.29. The maximum absolute atomic E-state index is 13.4. The van der Waals surface area contributed by atoms with Gasteiger partial charge in [0.05, 0.1) is 5.69 Å². The minimum atomic E-state index is -0.274. The second-order valence-corrected chi connectivity index (χ2v) is 8.21. The molecule has 0 aliphatic rings. The zero-order valence-electron chi connectivity index (χ0n) is 19.2. The lowest BCUT2D eigenvalue weighted by Gasteiger charge is -2.17. The molecule has 2 N–H and O–H groups in total. The Hall–Kier alpha value is -3.22. The zero-order chi connectivity index (χ0) is 23.3. The van der Waals surface area contributed by atoms with Gasteiger partial charge in [0.1, 0.15) is 11.5 Å². The summed E-state index contributed by atoms with van der Waals surface area (Å²) in [5.41, 5.74) is 5.24. The van der Waals surface area contributed by atoms with Crippen molar-refractivity contribution in [1.82, 2.24) is 20.1 Å². The van der Waals surface area contributed by atoms with Gasteiger partial charge in [0.2, 0.25) is 0 Å². The number of aryl methyl sites for hydroxylation is 2. The molecule has 0 saturated carbocycles. The van der Waals surface area contributed by atoms with E-state index in [1.807, 2.05) is 26.0 Å². The van der Waals surface area contributed by atoms with Crippen LogP contribution in [0.1, 0.15) is 70.9 Å². The molecule has 0 fully saturated rings. The van der Waals surface area contributed by atoms with Crippen LogP contribution in [0, 0.1) is 12.7 Å². The molecule has 0 spiro atoms. The molecule has 3 aromatic rings. The van der Waals surface area contributed by atoms with Crippen molar-refractivity contribution in [3.63, 3.8) is 0 Å². The van der Waals surface area contributed by atoms with Gasteiger partial charge in [-0.3, -0.25) is 14.7 Å². The molecule has 0 radical (unpaired) electrons. The molecule has 1 aromatic carbocycles. The summed E-state index contributed by atoms with van der Waals surface area (Å²) in [6, 6.07) is 8.36. The van der Waals surface area contributed by atoms with Crippen molar-refractivity contribution in [2.75, 3.05) is 13.6 Å². The minimum absolute atomic E-state index is 0.0170.